The van der Waals surface area contributed by atoms with Crippen LogP contribution in [-0.2, 0) is 4.79 Å². The molecule has 0 bridgehead atoms. The van der Waals surface area contributed by atoms with E-state index in [0.29, 0.717) is 6.41 Å². The van der Waals surface area contributed by atoms with Gasteiger partial charge in [-0.25, -0.2) is 0 Å². The number of carbonyl (C=O) groups excluding carboxylic acids is 1. The van der Waals surface area contributed by atoms with E-state index in [4.69, 9.17) is 0 Å². The van der Waals surface area contributed by atoms with Crippen molar-refractivity contribution in [2.75, 3.05) is 30.0 Å². The molecule has 70 valence electrons. The van der Waals surface area contributed by atoms with E-state index in [-0.39, 0.29) is 0 Å². The maximum absolute atomic E-state index is 10.3. The van der Waals surface area contributed by atoms with Crippen LogP contribution in [0.3, 0.4) is 0 Å². The lowest BCUT2D eigenvalue weighted by atomic mass is 10.2. The summed E-state index contributed by atoms with van der Waals surface area (Å²) in [4.78, 5) is 10.3. The van der Waals surface area contributed by atoms with E-state index < -0.39 is 0 Å². The van der Waals surface area contributed by atoms with E-state index in [0.717, 1.165) is 17.1 Å². The Hall–Kier alpha value is -1.71. The fraction of sp³-hybridized carbons (Fsp3) is 0.222. The quantitative estimate of drug-likeness (QED) is 0.611. The second-order valence-electron chi connectivity index (χ2n) is 2.52. The van der Waals surface area contributed by atoms with Crippen molar-refractivity contribution in [2.45, 2.75) is 0 Å². The Kier molecular flexibility index (Phi) is 3.14. The first-order valence-electron chi connectivity index (χ1n) is 4.01. The zero-order valence-corrected chi connectivity index (χ0v) is 7.72. The lowest BCUT2D eigenvalue weighted by Gasteiger charge is -2.09. The van der Waals surface area contributed by atoms with Gasteiger partial charge in [-0.3, -0.25) is 4.79 Å². The van der Waals surface area contributed by atoms with Crippen molar-refractivity contribution in [1.29, 1.82) is 0 Å². The molecule has 13 heavy (non-hydrogen) atoms. The van der Waals surface area contributed by atoms with E-state index in [9.17, 15) is 4.79 Å². The van der Waals surface area contributed by atoms with E-state index in [1.165, 1.54) is 0 Å². The minimum atomic E-state index is 0.662. The highest BCUT2D eigenvalue weighted by Gasteiger charge is 1.99. The third-order valence-electron chi connectivity index (χ3n) is 1.79. The summed E-state index contributed by atoms with van der Waals surface area (Å²) in [6.07, 6.45) is 0.662. The van der Waals surface area contributed by atoms with Crippen LogP contribution in [-0.4, -0.2) is 20.5 Å². The fourth-order valence-electron chi connectivity index (χ4n) is 1.10. The van der Waals surface area contributed by atoms with Crippen molar-refractivity contribution in [1.82, 2.24) is 0 Å². The molecule has 1 rings (SSSR count). The number of hydrogen-bond acceptors (Lipinski definition) is 3. The maximum Gasteiger partial charge on any atom is 0.211 e. The van der Waals surface area contributed by atoms with Crippen molar-refractivity contribution in [3.8, 4) is 0 Å². The van der Waals surface area contributed by atoms with Crippen molar-refractivity contribution < 1.29 is 4.79 Å². The topological polar surface area (TPSA) is 53.2 Å². The van der Waals surface area contributed by atoms with E-state index in [1.54, 1.807) is 0 Å². The molecule has 0 aliphatic carbocycles. The molecule has 0 atom stereocenters. The van der Waals surface area contributed by atoms with Crippen LogP contribution in [0.2, 0.25) is 0 Å². The summed E-state index contributed by atoms with van der Waals surface area (Å²) in [5, 5.41) is 8.59. The van der Waals surface area contributed by atoms with Crippen molar-refractivity contribution >= 4 is 23.5 Å². The van der Waals surface area contributed by atoms with Crippen LogP contribution < -0.4 is 16.0 Å². The Morgan fingerprint density at radius 2 is 1.92 bits per heavy atom. The molecular formula is C9H13N3O. The molecule has 0 unspecified atom stereocenters. The molecule has 0 aliphatic heterocycles. The summed E-state index contributed by atoms with van der Waals surface area (Å²) < 4.78 is 0. The van der Waals surface area contributed by atoms with Gasteiger partial charge in [-0.15, -0.1) is 0 Å². The Morgan fingerprint density at radius 3 is 2.46 bits per heavy atom. The van der Waals surface area contributed by atoms with Gasteiger partial charge in [0, 0.05) is 19.8 Å². The van der Waals surface area contributed by atoms with Gasteiger partial charge in [-0.1, -0.05) is 0 Å². The van der Waals surface area contributed by atoms with Crippen LogP contribution in [0.1, 0.15) is 0 Å². The lowest BCUT2D eigenvalue weighted by molar-refractivity contribution is -0.105. The predicted molar refractivity (Wildman–Crippen MR) is 55.2 cm³/mol. The Morgan fingerprint density at radius 1 is 1.15 bits per heavy atom. The minimum absolute atomic E-state index is 0.662. The highest BCUT2D eigenvalue weighted by molar-refractivity contribution is 5.83. The van der Waals surface area contributed by atoms with Gasteiger partial charge >= 0.3 is 0 Å². The largest absolute Gasteiger partial charge is 0.388 e. The average molecular weight is 179 g/mol. The van der Waals surface area contributed by atoms with Crippen LogP contribution in [0.4, 0.5) is 17.1 Å². The summed E-state index contributed by atoms with van der Waals surface area (Å²) in [5.74, 6) is 0. The van der Waals surface area contributed by atoms with Gasteiger partial charge in [0.1, 0.15) is 0 Å². The Labute approximate surface area is 77.3 Å². The number of amides is 1. The molecule has 0 radical (unpaired) electrons. The number of anilines is 3. The third-order valence-corrected chi connectivity index (χ3v) is 1.79. The molecule has 1 amide bonds. The smallest absolute Gasteiger partial charge is 0.211 e. The zero-order chi connectivity index (χ0) is 9.68. The van der Waals surface area contributed by atoms with Gasteiger partial charge in [-0.05, 0) is 18.2 Å². The molecule has 4 heteroatoms. The second kappa shape index (κ2) is 4.35. The highest BCUT2D eigenvalue weighted by Crippen LogP contribution is 2.24. The molecule has 0 aromatic heterocycles. The summed E-state index contributed by atoms with van der Waals surface area (Å²) in [7, 11) is 3.64. The molecule has 4 nitrogen and oxygen atoms in total. The van der Waals surface area contributed by atoms with Crippen LogP contribution in [0.5, 0.6) is 0 Å². The van der Waals surface area contributed by atoms with E-state index in [1.807, 2.05) is 32.3 Å². The molecule has 0 saturated carbocycles. The van der Waals surface area contributed by atoms with Crippen LogP contribution >= 0.6 is 0 Å². The second-order valence-corrected chi connectivity index (χ2v) is 2.52. The van der Waals surface area contributed by atoms with E-state index >= 15 is 0 Å². The van der Waals surface area contributed by atoms with Gasteiger partial charge in [0.2, 0.25) is 6.41 Å². The molecule has 0 heterocycles. The number of rotatable bonds is 4. The first kappa shape index (κ1) is 9.38. The summed E-state index contributed by atoms with van der Waals surface area (Å²) in [5.41, 5.74) is 2.62. The monoisotopic (exact) mass is 179 g/mol. The summed E-state index contributed by atoms with van der Waals surface area (Å²) in [6, 6.07) is 5.69. The first-order valence-corrected chi connectivity index (χ1v) is 4.01. The fourth-order valence-corrected chi connectivity index (χ4v) is 1.10. The first-order chi connectivity index (χ1) is 6.31. The van der Waals surface area contributed by atoms with E-state index in [2.05, 4.69) is 16.0 Å². The average Bonchev–Trinajstić information content (AvgIpc) is 2.18. The van der Waals surface area contributed by atoms with Gasteiger partial charge < -0.3 is 16.0 Å². The lowest BCUT2D eigenvalue weighted by Crippen LogP contribution is -2.00. The van der Waals surface area contributed by atoms with Crippen LogP contribution in [0.15, 0.2) is 18.2 Å². The van der Waals surface area contributed by atoms with Crippen molar-refractivity contribution in [3.63, 3.8) is 0 Å². The zero-order valence-electron chi connectivity index (χ0n) is 7.72. The number of nitrogens with one attached hydrogen (secondary N) is 3. The molecular weight excluding hydrogens is 166 g/mol. The van der Waals surface area contributed by atoms with Crippen LogP contribution in [0, 0.1) is 0 Å². The molecule has 0 fully saturated rings. The molecule has 1 aromatic rings. The molecule has 1 aromatic carbocycles. The summed E-state index contributed by atoms with van der Waals surface area (Å²) in [6.45, 7) is 0. The number of carbonyl (C=O) groups is 1. The van der Waals surface area contributed by atoms with Crippen molar-refractivity contribution in [2.24, 2.45) is 0 Å². The van der Waals surface area contributed by atoms with Gasteiger partial charge in [0.25, 0.3) is 0 Å². The maximum atomic E-state index is 10.3. The normalized spacial score (nSPS) is 9.08. The SMILES string of the molecule is CNc1ccc(NC)c(NC=O)c1. The Balaban J connectivity index is 3.01. The standard InChI is InChI=1S/C9H13N3O/c1-10-7-3-4-8(11-2)9(5-7)12-6-13/h3-6,10-11H,1-2H3,(H,12,13). The minimum Gasteiger partial charge on any atom is -0.388 e. The van der Waals surface area contributed by atoms with Gasteiger partial charge in [0.15, 0.2) is 0 Å². The molecule has 0 spiro atoms. The summed E-state index contributed by atoms with van der Waals surface area (Å²) >= 11 is 0. The van der Waals surface area contributed by atoms with Gasteiger partial charge in [0.05, 0.1) is 11.4 Å². The predicted octanol–water partition coefficient (Wildman–Crippen LogP) is 1.34. The molecule has 3 N–H and O–H groups in total. The number of benzene rings is 1. The molecule has 0 saturated heterocycles. The third kappa shape index (κ3) is 2.11. The van der Waals surface area contributed by atoms with Gasteiger partial charge in [-0.2, -0.15) is 0 Å². The highest BCUT2D eigenvalue weighted by atomic mass is 16.1. The Bertz CT molecular complexity index is 299. The van der Waals surface area contributed by atoms with Crippen LogP contribution in [0.25, 0.3) is 0 Å². The van der Waals surface area contributed by atoms with Crippen molar-refractivity contribution in [3.05, 3.63) is 18.2 Å². The number of hydrogen-bond donors (Lipinski definition) is 3. The molecule has 0 aliphatic rings.